The minimum atomic E-state index is -0.363. The van der Waals surface area contributed by atoms with Crippen LogP contribution in [-0.4, -0.2) is 52.0 Å². The van der Waals surface area contributed by atoms with Crippen LogP contribution < -0.4 is 5.32 Å². The Morgan fingerprint density at radius 3 is 2.67 bits per heavy atom. The van der Waals surface area contributed by atoms with Crippen molar-refractivity contribution < 1.29 is 9.59 Å². The summed E-state index contributed by atoms with van der Waals surface area (Å²) in [5.74, 6) is 0.205. The zero-order chi connectivity index (χ0) is 13.5. The maximum Gasteiger partial charge on any atom is 0.293 e. The standard InChI is InChI=1S/C11H19N5O2/c1-4-6-12-9(17)7-16(3)11(18)10-13-8(5-2)14-15-10/h4-7H2,1-3H3,(H,12,17)(H,13,14,15). The molecular weight excluding hydrogens is 234 g/mol. The summed E-state index contributed by atoms with van der Waals surface area (Å²) in [6, 6.07) is 0. The lowest BCUT2D eigenvalue weighted by Crippen LogP contribution is -2.38. The Kier molecular flexibility index (Phi) is 5.29. The van der Waals surface area contributed by atoms with Gasteiger partial charge in [0.15, 0.2) is 0 Å². The van der Waals surface area contributed by atoms with Crippen molar-refractivity contribution in [2.45, 2.75) is 26.7 Å². The van der Waals surface area contributed by atoms with E-state index in [1.54, 1.807) is 7.05 Å². The highest BCUT2D eigenvalue weighted by molar-refractivity contribution is 5.93. The Bertz CT molecular complexity index is 415. The average molecular weight is 253 g/mol. The van der Waals surface area contributed by atoms with Crippen LogP contribution >= 0.6 is 0 Å². The van der Waals surface area contributed by atoms with E-state index in [-0.39, 0.29) is 24.2 Å². The molecule has 0 aliphatic heterocycles. The van der Waals surface area contributed by atoms with Crippen LogP contribution in [0.2, 0.25) is 0 Å². The molecule has 0 aliphatic rings. The van der Waals surface area contributed by atoms with E-state index in [0.29, 0.717) is 18.8 Å². The fourth-order valence-electron chi connectivity index (χ4n) is 1.33. The Labute approximate surface area is 106 Å². The monoisotopic (exact) mass is 253 g/mol. The number of carbonyl (C=O) groups is 2. The molecule has 1 aromatic rings. The van der Waals surface area contributed by atoms with Crippen LogP contribution in [0.4, 0.5) is 0 Å². The summed E-state index contributed by atoms with van der Waals surface area (Å²) >= 11 is 0. The van der Waals surface area contributed by atoms with Gasteiger partial charge in [0, 0.05) is 20.0 Å². The quantitative estimate of drug-likeness (QED) is 0.744. The van der Waals surface area contributed by atoms with Crippen LogP contribution in [0.1, 0.15) is 36.7 Å². The summed E-state index contributed by atoms with van der Waals surface area (Å²) in [5, 5.41) is 9.19. The third kappa shape index (κ3) is 3.83. The van der Waals surface area contributed by atoms with E-state index in [9.17, 15) is 9.59 Å². The van der Waals surface area contributed by atoms with Gasteiger partial charge in [0.2, 0.25) is 11.7 Å². The van der Waals surface area contributed by atoms with Crippen molar-refractivity contribution in [1.29, 1.82) is 0 Å². The third-order valence-electron chi connectivity index (χ3n) is 2.36. The second-order valence-electron chi connectivity index (χ2n) is 3.97. The van der Waals surface area contributed by atoms with Crippen LogP contribution in [0.25, 0.3) is 0 Å². The molecule has 0 radical (unpaired) electrons. The van der Waals surface area contributed by atoms with E-state index >= 15 is 0 Å². The van der Waals surface area contributed by atoms with Gasteiger partial charge in [-0.3, -0.25) is 14.7 Å². The second-order valence-corrected chi connectivity index (χ2v) is 3.97. The highest BCUT2D eigenvalue weighted by atomic mass is 16.2. The zero-order valence-corrected chi connectivity index (χ0v) is 11.0. The molecule has 0 aromatic carbocycles. The summed E-state index contributed by atoms with van der Waals surface area (Å²) < 4.78 is 0. The van der Waals surface area contributed by atoms with Gasteiger partial charge in [-0.2, -0.15) is 0 Å². The Hall–Kier alpha value is -1.92. The molecule has 7 nitrogen and oxygen atoms in total. The van der Waals surface area contributed by atoms with E-state index in [0.717, 1.165) is 6.42 Å². The second kappa shape index (κ2) is 6.73. The van der Waals surface area contributed by atoms with Gasteiger partial charge in [-0.05, 0) is 6.42 Å². The number of carbonyl (C=O) groups excluding carboxylic acids is 2. The maximum atomic E-state index is 11.9. The van der Waals surface area contributed by atoms with Crippen molar-refractivity contribution in [3.8, 4) is 0 Å². The fourth-order valence-corrected chi connectivity index (χ4v) is 1.33. The van der Waals surface area contributed by atoms with Crippen molar-refractivity contribution in [1.82, 2.24) is 25.4 Å². The van der Waals surface area contributed by atoms with Gasteiger partial charge in [0.05, 0.1) is 6.54 Å². The topological polar surface area (TPSA) is 91.0 Å². The first-order valence-electron chi connectivity index (χ1n) is 6.01. The highest BCUT2D eigenvalue weighted by Gasteiger charge is 2.18. The molecular formula is C11H19N5O2. The molecule has 7 heteroatoms. The summed E-state index contributed by atoms with van der Waals surface area (Å²) in [6.45, 7) is 4.50. The first-order valence-corrected chi connectivity index (χ1v) is 6.01. The summed E-state index contributed by atoms with van der Waals surface area (Å²) in [6.07, 6.45) is 1.55. The van der Waals surface area contributed by atoms with Crippen LogP contribution in [0.3, 0.4) is 0 Å². The van der Waals surface area contributed by atoms with Gasteiger partial charge in [0.25, 0.3) is 5.91 Å². The van der Waals surface area contributed by atoms with Crippen molar-refractivity contribution in [3.63, 3.8) is 0 Å². The first kappa shape index (κ1) is 14.1. The van der Waals surface area contributed by atoms with Gasteiger partial charge in [-0.1, -0.05) is 13.8 Å². The number of rotatable bonds is 6. The van der Waals surface area contributed by atoms with Crippen molar-refractivity contribution in [2.24, 2.45) is 0 Å². The normalized spacial score (nSPS) is 10.2. The molecule has 0 spiro atoms. The molecule has 0 bridgehead atoms. The number of H-pyrrole nitrogens is 1. The molecule has 0 aliphatic carbocycles. The fraction of sp³-hybridized carbons (Fsp3) is 0.636. The number of nitrogens with one attached hydrogen (secondary N) is 2. The first-order chi connectivity index (χ1) is 8.58. The predicted molar refractivity (Wildman–Crippen MR) is 66.0 cm³/mol. The van der Waals surface area contributed by atoms with Gasteiger partial charge in [0.1, 0.15) is 5.82 Å². The Balaban J connectivity index is 2.53. The maximum absolute atomic E-state index is 11.9. The molecule has 1 rings (SSSR count). The van der Waals surface area contributed by atoms with Gasteiger partial charge < -0.3 is 10.2 Å². The van der Waals surface area contributed by atoms with Crippen molar-refractivity contribution in [3.05, 3.63) is 11.6 Å². The number of aromatic nitrogens is 3. The summed E-state index contributed by atoms with van der Waals surface area (Å²) in [4.78, 5) is 28.7. The smallest absolute Gasteiger partial charge is 0.293 e. The SMILES string of the molecule is CCCNC(=O)CN(C)C(=O)c1n[nH]c(CC)n1. The molecule has 0 atom stereocenters. The molecule has 0 saturated heterocycles. The minimum absolute atomic E-state index is 0.00876. The van der Waals surface area contributed by atoms with Crippen LogP contribution in [0.5, 0.6) is 0 Å². The number of nitrogens with zero attached hydrogens (tertiary/aromatic N) is 3. The van der Waals surface area contributed by atoms with Gasteiger partial charge >= 0.3 is 0 Å². The van der Waals surface area contributed by atoms with E-state index in [4.69, 9.17) is 0 Å². The number of hydrogen-bond donors (Lipinski definition) is 2. The van der Waals surface area contributed by atoms with Crippen molar-refractivity contribution >= 4 is 11.8 Å². The lowest BCUT2D eigenvalue weighted by molar-refractivity contribution is -0.121. The third-order valence-corrected chi connectivity index (χ3v) is 2.36. The van der Waals surface area contributed by atoms with Crippen molar-refractivity contribution in [2.75, 3.05) is 20.1 Å². The molecule has 0 unspecified atom stereocenters. The zero-order valence-electron chi connectivity index (χ0n) is 11.0. The van der Waals surface area contributed by atoms with E-state index < -0.39 is 0 Å². The van der Waals surface area contributed by atoms with E-state index in [1.807, 2.05) is 13.8 Å². The highest BCUT2D eigenvalue weighted by Crippen LogP contribution is 1.98. The average Bonchev–Trinajstić information content (AvgIpc) is 2.83. The van der Waals surface area contributed by atoms with E-state index in [2.05, 4.69) is 20.5 Å². The van der Waals surface area contributed by atoms with E-state index in [1.165, 1.54) is 4.90 Å². The largest absolute Gasteiger partial charge is 0.355 e. The Morgan fingerprint density at radius 1 is 1.39 bits per heavy atom. The number of amides is 2. The van der Waals surface area contributed by atoms with Crippen LogP contribution in [0, 0.1) is 0 Å². The van der Waals surface area contributed by atoms with Crippen LogP contribution in [-0.2, 0) is 11.2 Å². The molecule has 2 amide bonds. The van der Waals surface area contributed by atoms with Gasteiger partial charge in [-0.25, -0.2) is 4.98 Å². The lowest BCUT2D eigenvalue weighted by atomic mass is 10.4. The number of likely N-dealkylation sites (N-methyl/N-ethyl adjacent to an activating group) is 1. The predicted octanol–water partition coefficient (Wildman–Crippen LogP) is -0.0347. The molecule has 18 heavy (non-hydrogen) atoms. The molecule has 2 N–H and O–H groups in total. The molecule has 0 saturated carbocycles. The minimum Gasteiger partial charge on any atom is -0.355 e. The molecule has 1 aromatic heterocycles. The molecule has 0 fully saturated rings. The number of hydrogen-bond acceptors (Lipinski definition) is 4. The number of aromatic amines is 1. The Morgan fingerprint density at radius 2 is 2.11 bits per heavy atom. The number of aryl methyl sites for hydroxylation is 1. The summed E-state index contributed by atoms with van der Waals surface area (Å²) in [7, 11) is 1.55. The van der Waals surface area contributed by atoms with Gasteiger partial charge in [-0.15, -0.1) is 5.10 Å². The molecule has 100 valence electrons. The summed E-state index contributed by atoms with van der Waals surface area (Å²) in [5.41, 5.74) is 0. The molecule has 1 heterocycles. The van der Waals surface area contributed by atoms with Crippen LogP contribution in [0.15, 0.2) is 0 Å². The lowest BCUT2D eigenvalue weighted by Gasteiger charge is -2.14.